The highest BCUT2D eigenvalue weighted by molar-refractivity contribution is 5.84. The van der Waals surface area contributed by atoms with Crippen molar-refractivity contribution in [2.24, 2.45) is 0 Å². The number of benzene rings is 2. The molecule has 1 amide bonds. The molecular formula is C27H33NO8. The number of esters is 1. The van der Waals surface area contributed by atoms with Crippen molar-refractivity contribution >= 4 is 17.7 Å². The number of allylic oxidation sites excluding steroid dienone is 1. The molecule has 2 atom stereocenters. The molecule has 0 saturated heterocycles. The van der Waals surface area contributed by atoms with Crippen LogP contribution >= 0.6 is 0 Å². The van der Waals surface area contributed by atoms with Gasteiger partial charge in [0.05, 0.1) is 19.8 Å². The van der Waals surface area contributed by atoms with Crippen LogP contribution in [0.5, 0.6) is 11.5 Å². The van der Waals surface area contributed by atoms with E-state index < -0.39 is 24.3 Å². The molecule has 0 aliphatic rings. The minimum atomic E-state index is -0.749. The van der Waals surface area contributed by atoms with E-state index in [0.29, 0.717) is 35.6 Å². The molecule has 0 bridgehead atoms. The largest absolute Gasteiger partial charge is 0.497 e. The lowest BCUT2D eigenvalue weighted by molar-refractivity contribution is -0.136. The summed E-state index contributed by atoms with van der Waals surface area (Å²) in [6, 6.07) is 13.8. The molecular weight excluding hydrogens is 466 g/mol. The van der Waals surface area contributed by atoms with Crippen molar-refractivity contribution in [1.82, 2.24) is 0 Å². The molecule has 194 valence electrons. The van der Waals surface area contributed by atoms with Gasteiger partial charge in [-0.3, -0.25) is 5.32 Å². The van der Waals surface area contributed by atoms with E-state index in [2.05, 4.69) is 11.9 Å². The predicted octanol–water partition coefficient (Wildman–Crippen LogP) is 4.44. The van der Waals surface area contributed by atoms with Gasteiger partial charge < -0.3 is 28.8 Å². The third kappa shape index (κ3) is 9.81. The number of rotatable bonds is 15. The Kier molecular flexibility index (Phi) is 12.6. The van der Waals surface area contributed by atoms with E-state index in [-0.39, 0.29) is 19.8 Å². The van der Waals surface area contributed by atoms with Crippen LogP contribution in [0.15, 0.2) is 73.3 Å². The summed E-state index contributed by atoms with van der Waals surface area (Å²) >= 11 is 0. The lowest BCUT2D eigenvalue weighted by atomic mass is 10.00. The third-order valence-electron chi connectivity index (χ3n) is 4.99. The summed E-state index contributed by atoms with van der Waals surface area (Å²) in [4.78, 5) is 24.4. The predicted molar refractivity (Wildman–Crippen MR) is 135 cm³/mol. The highest BCUT2D eigenvalue weighted by atomic mass is 16.6. The quantitative estimate of drug-likeness (QED) is 0.210. The standard InChI is InChI=1S/C27H33NO8/c1-4-18-35-25(30)8-6-5-7-24(33-3)26(20-9-13-23(14-10-20)34-19-17-29)36-27(31)28-21-11-15-22(32-2)16-12-21/h4,6,8-16,24,26,29H,1,5,7,17-19H2,2-3H3,(H,28,31)/b8-6+/t24-,26-/m0/s1. The molecule has 0 spiro atoms. The summed E-state index contributed by atoms with van der Waals surface area (Å²) in [5, 5.41) is 11.7. The normalized spacial score (nSPS) is 12.4. The Hall–Kier alpha value is -3.82. The molecule has 0 aliphatic heterocycles. The molecule has 0 unspecified atom stereocenters. The van der Waals surface area contributed by atoms with Gasteiger partial charge in [-0.25, -0.2) is 9.59 Å². The lowest BCUT2D eigenvalue weighted by Gasteiger charge is -2.26. The molecule has 0 radical (unpaired) electrons. The zero-order valence-electron chi connectivity index (χ0n) is 20.6. The van der Waals surface area contributed by atoms with Gasteiger partial charge in [-0.05, 0) is 54.8 Å². The van der Waals surface area contributed by atoms with Gasteiger partial charge in [-0.15, -0.1) is 0 Å². The lowest BCUT2D eigenvalue weighted by Crippen LogP contribution is -2.28. The van der Waals surface area contributed by atoms with E-state index in [4.69, 9.17) is 28.8 Å². The van der Waals surface area contributed by atoms with Crippen molar-refractivity contribution in [2.75, 3.05) is 39.4 Å². The molecule has 0 heterocycles. The zero-order chi connectivity index (χ0) is 26.2. The maximum Gasteiger partial charge on any atom is 0.412 e. The Morgan fingerprint density at radius 3 is 2.36 bits per heavy atom. The Morgan fingerprint density at radius 1 is 1.06 bits per heavy atom. The first kappa shape index (κ1) is 28.4. The van der Waals surface area contributed by atoms with E-state index in [1.54, 1.807) is 61.7 Å². The number of aliphatic hydroxyl groups is 1. The number of amides is 1. The molecule has 2 aromatic carbocycles. The molecule has 9 nitrogen and oxygen atoms in total. The molecule has 0 fully saturated rings. The van der Waals surface area contributed by atoms with E-state index in [9.17, 15) is 9.59 Å². The number of carbonyl (C=O) groups is 2. The van der Waals surface area contributed by atoms with Gasteiger partial charge in [-0.1, -0.05) is 30.9 Å². The molecule has 0 aromatic heterocycles. The molecule has 9 heteroatoms. The maximum atomic E-state index is 12.7. The van der Waals surface area contributed by atoms with Crippen molar-refractivity contribution < 1.29 is 38.4 Å². The third-order valence-corrected chi connectivity index (χ3v) is 4.99. The van der Waals surface area contributed by atoms with Crippen LogP contribution in [0.1, 0.15) is 24.5 Å². The number of hydrogen-bond acceptors (Lipinski definition) is 8. The zero-order valence-corrected chi connectivity index (χ0v) is 20.6. The minimum absolute atomic E-state index is 0.0978. The summed E-state index contributed by atoms with van der Waals surface area (Å²) in [6.07, 6.45) is 3.55. The Labute approximate surface area is 211 Å². The summed E-state index contributed by atoms with van der Waals surface area (Å²) in [5.74, 6) is 0.773. The first-order chi connectivity index (χ1) is 17.5. The van der Waals surface area contributed by atoms with Crippen LogP contribution in [0.2, 0.25) is 0 Å². The van der Waals surface area contributed by atoms with Gasteiger partial charge in [-0.2, -0.15) is 0 Å². The maximum absolute atomic E-state index is 12.7. The Bertz CT molecular complexity index is 972. The molecule has 2 rings (SSSR count). The Balaban J connectivity index is 2.13. The van der Waals surface area contributed by atoms with E-state index in [1.165, 1.54) is 19.3 Å². The highest BCUT2D eigenvalue weighted by Gasteiger charge is 2.27. The molecule has 36 heavy (non-hydrogen) atoms. The van der Waals surface area contributed by atoms with E-state index >= 15 is 0 Å². The van der Waals surface area contributed by atoms with Crippen molar-refractivity contribution in [1.29, 1.82) is 0 Å². The SMILES string of the molecule is C=CCOC(=O)/C=C/CC[C@H](OC)[C@@H](OC(=O)Nc1ccc(OC)cc1)c1ccc(OCCO)cc1. The highest BCUT2D eigenvalue weighted by Crippen LogP contribution is 2.29. The van der Waals surface area contributed by atoms with Crippen molar-refractivity contribution in [3.8, 4) is 11.5 Å². The van der Waals surface area contributed by atoms with Crippen LogP contribution in [0, 0.1) is 0 Å². The number of nitrogens with one attached hydrogen (secondary N) is 1. The summed E-state index contributed by atoms with van der Waals surface area (Å²) in [5.41, 5.74) is 1.24. The first-order valence-corrected chi connectivity index (χ1v) is 11.4. The number of ether oxygens (including phenoxy) is 5. The smallest absolute Gasteiger partial charge is 0.412 e. The van der Waals surface area contributed by atoms with Gasteiger partial charge >= 0.3 is 12.1 Å². The van der Waals surface area contributed by atoms with Gasteiger partial charge in [0.25, 0.3) is 0 Å². The number of methoxy groups -OCH3 is 2. The van der Waals surface area contributed by atoms with E-state index in [0.717, 1.165) is 0 Å². The summed E-state index contributed by atoms with van der Waals surface area (Å²) < 4.78 is 26.9. The van der Waals surface area contributed by atoms with Gasteiger partial charge in [0.2, 0.25) is 0 Å². The minimum Gasteiger partial charge on any atom is -0.497 e. The number of hydrogen-bond donors (Lipinski definition) is 2. The fourth-order valence-electron chi connectivity index (χ4n) is 3.23. The van der Waals surface area contributed by atoms with Crippen molar-refractivity contribution in [3.05, 3.63) is 78.9 Å². The van der Waals surface area contributed by atoms with Crippen molar-refractivity contribution in [2.45, 2.75) is 25.0 Å². The second kappa shape index (κ2) is 16.0. The van der Waals surface area contributed by atoms with Crippen LogP contribution in [0.25, 0.3) is 0 Å². The number of carbonyl (C=O) groups excluding carboxylic acids is 2. The summed E-state index contributed by atoms with van der Waals surface area (Å²) in [6.45, 7) is 3.71. The fourth-order valence-corrected chi connectivity index (χ4v) is 3.23. The molecule has 2 N–H and O–H groups in total. The van der Waals surface area contributed by atoms with Gasteiger partial charge in [0.1, 0.15) is 24.7 Å². The average Bonchev–Trinajstić information content (AvgIpc) is 2.90. The fraction of sp³-hybridized carbons (Fsp3) is 0.333. The average molecular weight is 500 g/mol. The van der Waals surface area contributed by atoms with Gasteiger partial charge in [0, 0.05) is 18.9 Å². The first-order valence-electron chi connectivity index (χ1n) is 11.4. The van der Waals surface area contributed by atoms with Crippen LogP contribution in [-0.2, 0) is 19.0 Å². The molecule has 0 saturated carbocycles. The number of aliphatic hydroxyl groups excluding tert-OH is 1. The second-order valence-corrected chi connectivity index (χ2v) is 7.49. The van der Waals surface area contributed by atoms with Crippen LogP contribution in [-0.4, -0.2) is 57.3 Å². The van der Waals surface area contributed by atoms with E-state index in [1.807, 2.05) is 0 Å². The Morgan fingerprint density at radius 2 is 1.75 bits per heavy atom. The monoisotopic (exact) mass is 499 g/mol. The van der Waals surface area contributed by atoms with Gasteiger partial charge in [0.15, 0.2) is 6.10 Å². The van der Waals surface area contributed by atoms with Crippen molar-refractivity contribution in [3.63, 3.8) is 0 Å². The number of anilines is 1. The van der Waals surface area contributed by atoms with Crippen LogP contribution in [0.3, 0.4) is 0 Å². The second-order valence-electron chi connectivity index (χ2n) is 7.49. The van der Waals surface area contributed by atoms with Crippen LogP contribution in [0.4, 0.5) is 10.5 Å². The van der Waals surface area contributed by atoms with Crippen LogP contribution < -0.4 is 14.8 Å². The molecule has 2 aromatic rings. The summed E-state index contributed by atoms with van der Waals surface area (Å²) in [7, 11) is 3.09. The molecule has 0 aliphatic carbocycles. The topological polar surface area (TPSA) is 113 Å².